The summed E-state index contributed by atoms with van der Waals surface area (Å²) in [4.78, 5) is 20.9. The molecular formula is C21H20N6O2. The Labute approximate surface area is 167 Å². The summed E-state index contributed by atoms with van der Waals surface area (Å²) >= 11 is 0. The predicted octanol–water partition coefficient (Wildman–Crippen LogP) is 2.82. The number of nitrogens with zero attached hydrogens (tertiary/aromatic N) is 5. The van der Waals surface area contributed by atoms with Crippen molar-refractivity contribution < 1.29 is 9.32 Å². The van der Waals surface area contributed by atoms with Crippen LogP contribution in [-0.4, -0.2) is 30.8 Å². The summed E-state index contributed by atoms with van der Waals surface area (Å²) in [5.74, 6) is 0.860. The van der Waals surface area contributed by atoms with Crippen LogP contribution in [0.25, 0.3) is 11.4 Å². The van der Waals surface area contributed by atoms with Crippen molar-refractivity contribution in [1.82, 2.24) is 30.2 Å². The standard InChI is InChI=1S/C21H20N6O2/c28-19(11-12-20-25-21(26-29-20)17-9-5-2-6-10-17)24-18(13-27-15-22-14-23-27)16-7-3-1-4-8-16/h1-10,14-15,18H,11-13H2,(H,24,28). The fourth-order valence-corrected chi connectivity index (χ4v) is 2.98. The van der Waals surface area contributed by atoms with E-state index in [1.165, 1.54) is 6.33 Å². The maximum absolute atomic E-state index is 12.6. The lowest BCUT2D eigenvalue weighted by Gasteiger charge is -2.19. The number of aryl methyl sites for hydroxylation is 1. The minimum Gasteiger partial charge on any atom is -0.347 e. The van der Waals surface area contributed by atoms with Crippen LogP contribution >= 0.6 is 0 Å². The molecule has 0 radical (unpaired) electrons. The smallest absolute Gasteiger partial charge is 0.227 e. The Bertz CT molecular complexity index is 1030. The lowest BCUT2D eigenvalue weighted by atomic mass is 10.1. The van der Waals surface area contributed by atoms with Gasteiger partial charge in [-0.05, 0) is 5.56 Å². The highest BCUT2D eigenvalue weighted by atomic mass is 16.5. The molecule has 1 N–H and O–H groups in total. The molecule has 0 bridgehead atoms. The number of amides is 1. The third kappa shape index (κ3) is 4.92. The minimum atomic E-state index is -0.215. The third-order valence-corrected chi connectivity index (χ3v) is 4.44. The fourth-order valence-electron chi connectivity index (χ4n) is 2.98. The zero-order valence-corrected chi connectivity index (χ0v) is 15.7. The van der Waals surface area contributed by atoms with Gasteiger partial charge in [0.1, 0.15) is 12.7 Å². The lowest BCUT2D eigenvalue weighted by Crippen LogP contribution is -2.31. The van der Waals surface area contributed by atoms with Crippen molar-refractivity contribution in [2.24, 2.45) is 0 Å². The molecule has 8 heteroatoms. The van der Waals surface area contributed by atoms with E-state index in [-0.39, 0.29) is 18.4 Å². The van der Waals surface area contributed by atoms with Gasteiger partial charge in [0.15, 0.2) is 0 Å². The molecule has 0 fully saturated rings. The second-order valence-corrected chi connectivity index (χ2v) is 6.53. The fraction of sp³-hybridized carbons (Fsp3) is 0.190. The van der Waals surface area contributed by atoms with Crippen LogP contribution < -0.4 is 5.32 Å². The largest absolute Gasteiger partial charge is 0.347 e. The second-order valence-electron chi connectivity index (χ2n) is 6.53. The van der Waals surface area contributed by atoms with Gasteiger partial charge in [-0.3, -0.25) is 9.48 Å². The van der Waals surface area contributed by atoms with E-state index >= 15 is 0 Å². The quantitative estimate of drug-likeness (QED) is 0.498. The normalized spacial score (nSPS) is 11.9. The van der Waals surface area contributed by atoms with E-state index in [2.05, 4.69) is 25.5 Å². The molecule has 0 aliphatic rings. The van der Waals surface area contributed by atoms with E-state index in [1.54, 1.807) is 11.0 Å². The van der Waals surface area contributed by atoms with E-state index in [9.17, 15) is 4.79 Å². The first-order chi connectivity index (χ1) is 14.3. The molecule has 0 saturated carbocycles. The van der Waals surface area contributed by atoms with Crippen LogP contribution in [0, 0.1) is 0 Å². The number of benzene rings is 2. The highest BCUT2D eigenvalue weighted by Gasteiger charge is 2.17. The summed E-state index contributed by atoms with van der Waals surface area (Å²) in [6, 6.07) is 19.2. The lowest BCUT2D eigenvalue weighted by molar-refractivity contribution is -0.122. The zero-order valence-electron chi connectivity index (χ0n) is 15.7. The third-order valence-electron chi connectivity index (χ3n) is 4.44. The van der Waals surface area contributed by atoms with Gasteiger partial charge in [0.05, 0.1) is 12.6 Å². The van der Waals surface area contributed by atoms with Gasteiger partial charge in [-0.15, -0.1) is 0 Å². The number of hydrogen-bond donors (Lipinski definition) is 1. The molecule has 1 unspecified atom stereocenters. The monoisotopic (exact) mass is 388 g/mol. The molecule has 2 aromatic heterocycles. The first-order valence-corrected chi connectivity index (χ1v) is 9.32. The van der Waals surface area contributed by atoms with E-state index in [0.29, 0.717) is 24.7 Å². The van der Waals surface area contributed by atoms with Crippen LogP contribution in [0.2, 0.25) is 0 Å². The Morgan fingerprint density at radius 3 is 2.55 bits per heavy atom. The van der Waals surface area contributed by atoms with Crippen molar-refractivity contribution in [3.8, 4) is 11.4 Å². The maximum Gasteiger partial charge on any atom is 0.227 e. The molecular weight excluding hydrogens is 368 g/mol. The maximum atomic E-state index is 12.6. The van der Waals surface area contributed by atoms with Crippen LogP contribution in [0.3, 0.4) is 0 Å². The predicted molar refractivity (Wildman–Crippen MR) is 105 cm³/mol. The van der Waals surface area contributed by atoms with Gasteiger partial charge in [0, 0.05) is 18.4 Å². The van der Waals surface area contributed by atoms with Crippen molar-refractivity contribution in [3.05, 3.63) is 84.8 Å². The summed E-state index contributed by atoms with van der Waals surface area (Å²) in [7, 11) is 0. The van der Waals surface area contributed by atoms with Gasteiger partial charge >= 0.3 is 0 Å². The number of nitrogens with one attached hydrogen (secondary N) is 1. The minimum absolute atomic E-state index is 0.0987. The topological polar surface area (TPSA) is 98.7 Å². The molecule has 146 valence electrons. The first kappa shape index (κ1) is 18.5. The Balaban J connectivity index is 1.37. The average molecular weight is 388 g/mol. The number of aromatic nitrogens is 5. The Kier molecular flexibility index (Phi) is 5.70. The Hall–Kier alpha value is -3.81. The molecule has 4 rings (SSSR count). The molecule has 0 saturated heterocycles. The highest BCUT2D eigenvalue weighted by molar-refractivity contribution is 5.76. The van der Waals surface area contributed by atoms with Crippen molar-refractivity contribution in [2.75, 3.05) is 0 Å². The molecule has 8 nitrogen and oxygen atoms in total. The highest BCUT2D eigenvalue weighted by Crippen LogP contribution is 2.17. The van der Waals surface area contributed by atoms with Crippen LogP contribution in [0.4, 0.5) is 0 Å². The summed E-state index contributed by atoms with van der Waals surface area (Å²) in [5.41, 5.74) is 1.88. The van der Waals surface area contributed by atoms with Gasteiger partial charge in [-0.2, -0.15) is 10.1 Å². The SMILES string of the molecule is O=C(CCc1nc(-c2ccccc2)no1)NC(Cn1cncn1)c1ccccc1. The van der Waals surface area contributed by atoms with Gasteiger partial charge in [-0.25, -0.2) is 4.98 Å². The molecule has 29 heavy (non-hydrogen) atoms. The number of rotatable bonds is 8. The number of carbonyl (C=O) groups is 1. The van der Waals surface area contributed by atoms with E-state index < -0.39 is 0 Å². The summed E-state index contributed by atoms with van der Waals surface area (Å²) in [5, 5.41) is 11.2. The summed E-state index contributed by atoms with van der Waals surface area (Å²) < 4.78 is 6.98. The second kappa shape index (κ2) is 8.92. The van der Waals surface area contributed by atoms with Crippen molar-refractivity contribution in [3.63, 3.8) is 0 Å². The first-order valence-electron chi connectivity index (χ1n) is 9.32. The molecule has 0 aliphatic heterocycles. The zero-order chi connectivity index (χ0) is 19.9. The molecule has 0 spiro atoms. The molecule has 2 heterocycles. The van der Waals surface area contributed by atoms with Gasteiger partial charge < -0.3 is 9.84 Å². The van der Waals surface area contributed by atoms with Crippen LogP contribution in [-0.2, 0) is 17.8 Å². The van der Waals surface area contributed by atoms with Crippen molar-refractivity contribution in [2.45, 2.75) is 25.4 Å². The molecule has 1 atom stereocenters. The van der Waals surface area contributed by atoms with Gasteiger partial charge in [0.2, 0.25) is 17.6 Å². The molecule has 0 aliphatic carbocycles. The summed E-state index contributed by atoms with van der Waals surface area (Å²) in [6.07, 6.45) is 3.73. The van der Waals surface area contributed by atoms with Crippen LogP contribution in [0.5, 0.6) is 0 Å². The van der Waals surface area contributed by atoms with E-state index in [1.807, 2.05) is 60.7 Å². The van der Waals surface area contributed by atoms with Gasteiger partial charge in [0.25, 0.3) is 0 Å². The van der Waals surface area contributed by atoms with Gasteiger partial charge in [-0.1, -0.05) is 65.8 Å². The average Bonchev–Trinajstić information content (AvgIpc) is 3.45. The number of hydrogen-bond acceptors (Lipinski definition) is 6. The van der Waals surface area contributed by atoms with Crippen molar-refractivity contribution in [1.29, 1.82) is 0 Å². The molecule has 2 aromatic carbocycles. The number of carbonyl (C=O) groups excluding carboxylic acids is 1. The Morgan fingerprint density at radius 1 is 1.07 bits per heavy atom. The summed E-state index contributed by atoms with van der Waals surface area (Å²) in [6.45, 7) is 0.495. The van der Waals surface area contributed by atoms with E-state index in [0.717, 1.165) is 11.1 Å². The Morgan fingerprint density at radius 2 is 1.83 bits per heavy atom. The van der Waals surface area contributed by atoms with Crippen LogP contribution in [0.15, 0.2) is 77.8 Å². The van der Waals surface area contributed by atoms with Crippen molar-refractivity contribution >= 4 is 5.91 Å². The van der Waals surface area contributed by atoms with E-state index in [4.69, 9.17) is 4.52 Å². The molecule has 1 amide bonds. The van der Waals surface area contributed by atoms with Crippen LogP contribution in [0.1, 0.15) is 23.9 Å². The molecule has 4 aromatic rings.